The Hall–Kier alpha value is -2.89. The van der Waals surface area contributed by atoms with E-state index < -0.39 is 0 Å². The molecule has 4 rings (SSSR count). The molecule has 1 N–H and O–H groups in total. The van der Waals surface area contributed by atoms with E-state index >= 15 is 0 Å². The van der Waals surface area contributed by atoms with Gasteiger partial charge in [-0.15, -0.1) is 0 Å². The van der Waals surface area contributed by atoms with Crippen molar-refractivity contribution in [3.05, 3.63) is 51.9 Å². The summed E-state index contributed by atoms with van der Waals surface area (Å²) >= 11 is 0. The number of Topliss-reactive ketones (excluding diaryl/α,β-unsaturated/α-hetero) is 1. The second-order valence-electron chi connectivity index (χ2n) is 8.16. The topological polar surface area (TPSA) is 76.5 Å². The molecule has 0 spiro atoms. The first-order valence-corrected chi connectivity index (χ1v) is 11.0. The Morgan fingerprint density at radius 3 is 2.60 bits per heavy atom. The number of benzene rings is 1. The summed E-state index contributed by atoms with van der Waals surface area (Å²) in [6.07, 6.45) is 7.59. The number of ketones is 1. The molecule has 1 aliphatic rings. The quantitative estimate of drug-likeness (QED) is 0.436. The van der Waals surface area contributed by atoms with Crippen molar-refractivity contribution in [1.29, 1.82) is 0 Å². The van der Waals surface area contributed by atoms with Crippen LogP contribution in [0.4, 0.5) is 0 Å². The third kappa shape index (κ3) is 4.04. The number of nitrogens with zero attached hydrogens (tertiary/aromatic N) is 2. The number of aromatic amines is 1. The monoisotopic (exact) mass is 407 g/mol. The van der Waals surface area contributed by atoms with E-state index in [1.165, 1.54) is 17.9 Å². The van der Waals surface area contributed by atoms with E-state index in [9.17, 15) is 9.59 Å². The van der Waals surface area contributed by atoms with E-state index in [4.69, 9.17) is 4.74 Å². The lowest BCUT2D eigenvalue weighted by molar-refractivity contribution is 0.101. The van der Waals surface area contributed by atoms with Gasteiger partial charge in [0.1, 0.15) is 17.1 Å². The highest BCUT2D eigenvalue weighted by molar-refractivity contribution is 5.93. The molecule has 1 saturated carbocycles. The molecule has 1 aromatic carbocycles. The van der Waals surface area contributed by atoms with Crippen molar-refractivity contribution in [1.82, 2.24) is 14.6 Å². The molecule has 0 bridgehead atoms. The van der Waals surface area contributed by atoms with Crippen molar-refractivity contribution in [3.63, 3.8) is 0 Å². The summed E-state index contributed by atoms with van der Waals surface area (Å²) < 4.78 is 7.14. The lowest BCUT2D eigenvalue weighted by atomic mass is 9.83. The van der Waals surface area contributed by atoms with E-state index in [0.29, 0.717) is 17.9 Å². The number of carbonyl (C=O) groups is 1. The van der Waals surface area contributed by atoms with E-state index in [1.807, 2.05) is 24.3 Å². The lowest BCUT2D eigenvalue weighted by Gasteiger charge is -2.23. The molecule has 3 aromatic rings. The molecular weight excluding hydrogens is 378 g/mol. The van der Waals surface area contributed by atoms with E-state index in [-0.39, 0.29) is 17.3 Å². The number of unbranched alkanes of at least 4 members (excludes halogenated alkanes) is 1. The first-order valence-electron chi connectivity index (χ1n) is 11.0. The fourth-order valence-electron chi connectivity index (χ4n) is 4.26. The third-order valence-corrected chi connectivity index (χ3v) is 5.94. The molecule has 0 amide bonds. The van der Waals surface area contributed by atoms with Crippen molar-refractivity contribution < 1.29 is 9.53 Å². The molecule has 2 heterocycles. The summed E-state index contributed by atoms with van der Waals surface area (Å²) in [5.41, 5.74) is 3.28. The van der Waals surface area contributed by atoms with Gasteiger partial charge in [-0.25, -0.2) is 0 Å². The lowest BCUT2D eigenvalue weighted by Crippen LogP contribution is -2.25. The zero-order valence-corrected chi connectivity index (χ0v) is 17.7. The number of ether oxygens (including phenoxy) is 1. The van der Waals surface area contributed by atoms with E-state index in [1.54, 1.807) is 6.07 Å². The van der Waals surface area contributed by atoms with Crippen LogP contribution in [0.25, 0.3) is 16.9 Å². The van der Waals surface area contributed by atoms with Gasteiger partial charge in [0.05, 0.1) is 12.3 Å². The highest BCUT2D eigenvalue weighted by Crippen LogP contribution is 2.36. The van der Waals surface area contributed by atoms with Gasteiger partial charge in [0, 0.05) is 18.6 Å². The number of hydrogen-bond donors (Lipinski definition) is 1. The number of fused-ring (bicyclic) bond motifs is 1. The van der Waals surface area contributed by atoms with Crippen LogP contribution in [0.1, 0.15) is 80.8 Å². The molecule has 30 heavy (non-hydrogen) atoms. The Balaban J connectivity index is 1.80. The number of carbonyl (C=O) groups excluding carboxylic acids is 1. The van der Waals surface area contributed by atoms with E-state index in [0.717, 1.165) is 61.1 Å². The zero-order chi connectivity index (χ0) is 21.1. The molecule has 158 valence electrons. The average Bonchev–Trinajstić information content (AvgIpc) is 3.20. The van der Waals surface area contributed by atoms with E-state index in [2.05, 4.69) is 17.0 Å². The van der Waals surface area contributed by atoms with Crippen molar-refractivity contribution >= 4 is 11.4 Å². The molecule has 2 aromatic heterocycles. The Bertz CT molecular complexity index is 1090. The summed E-state index contributed by atoms with van der Waals surface area (Å²) in [6.45, 7) is 4.31. The molecule has 6 heteroatoms. The predicted molar refractivity (Wildman–Crippen MR) is 117 cm³/mol. The molecule has 0 saturated heterocycles. The second-order valence-corrected chi connectivity index (χ2v) is 8.16. The third-order valence-electron chi connectivity index (χ3n) is 5.94. The fraction of sp³-hybridized carbons (Fsp3) is 0.458. The number of aromatic nitrogens is 3. The highest BCUT2D eigenvalue weighted by atomic mass is 16.5. The number of rotatable bonds is 7. The van der Waals surface area contributed by atoms with Crippen molar-refractivity contribution in [2.75, 3.05) is 6.61 Å². The van der Waals surface area contributed by atoms with Crippen molar-refractivity contribution in [3.8, 4) is 17.0 Å². The summed E-state index contributed by atoms with van der Waals surface area (Å²) in [6, 6.07) is 9.56. The Labute approximate surface area is 176 Å². The molecule has 0 radical (unpaired) electrons. The van der Waals surface area contributed by atoms with Crippen LogP contribution in [0.2, 0.25) is 0 Å². The van der Waals surface area contributed by atoms with Crippen molar-refractivity contribution in [2.24, 2.45) is 0 Å². The van der Waals surface area contributed by atoms with Gasteiger partial charge in [-0.1, -0.05) is 32.6 Å². The molecule has 1 fully saturated rings. The molecule has 0 aliphatic heterocycles. The summed E-state index contributed by atoms with van der Waals surface area (Å²) in [4.78, 5) is 28.7. The SMILES string of the molecule is CCCCOc1ccc(-c2[nH]c3cc(C(C)=O)nn3c(=O)c2C2CCCCC2)cc1. The smallest absolute Gasteiger partial charge is 0.278 e. The minimum Gasteiger partial charge on any atom is -0.494 e. The highest BCUT2D eigenvalue weighted by Gasteiger charge is 2.25. The van der Waals surface area contributed by atoms with Crippen LogP contribution in [-0.4, -0.2) is 27.0 Å². The van der Waals surface area contributed by atoms with Gasteiger partial charge in [-0.3, -0.25) is 9.59 Å². The zero-order valence-electron chi connectivity index (χ0n) is 17.7. The number of hydrogen-bond acceptors (Lipinski definition) is 4. The minimum absolute atomic E-state index is 0.124. The van der Waals surface area contributed by atoms with Gasteiger partial charge in [0.2, 0.25) is 0 Å². The van der Waals surface area contributed by atoms with Crippen LogP contribution >= 0.6 is 0 Å². The first kappa shape index (κ1) is 20.4. The Morgan fingerprint density at radius 1 is 1.20 bits per heavy atom. The molecule has 0 unspecified atom stereocenters. The van der Waals surface area contributed by atoms with Crippen LogP contribution in [0.5, 0.6) is 5.75 Å². The number of nitrogens with one attached hydrogen (secondary N) is 1. The maximum Gasteiger partial charge on any atom is 0.278 e. The normalized spacial score (nSPS) is 14.9. The first-order chi connectivity index (χ1) is 14.6. The fourth-order valence-corrected chi connectivity index (χ4v) is 4.26. The van der Waals surface area contributed by atoms with Gasteiger partial charge in [0.15, 0.2) is 5.78 Å². The van der Waals surface area contributed by atoms with Crippen LogP contribution in [0.3, 0.4) is 0 Å². The minimum atomic E-state index is -0.152. The van der Waals surface area contributed by atoms with Crippen LogP contribution < -0.4 is 10.3 Å². The Kier molecular flexibility index (Phi) is 6.02. The summed E-state index contributed by atoms with van der Waals surface area (Å²) in [7, 11) is 0. The number of H-pyrrole nitrogens is 1. The van der Waals surface area contributed by atoms with Gasteiger partial charge >= 0.3 is 0 Å². The van der Waals surface area contributed by atoms with Gasteiger partial charge < -0.3 is 9.72 Å². The maximum atomic E-state index is 13.4. The molecule has 6 nitrogen and oxygen atoms in total. The predicted octanol–water partition coefficient (Wildman–Crippen LogP) is 5.12. The summed E-state index contributed by atoms with van der Waals surface area (Å²) in [5.74, 6) is 0.881. The van der Waals surface area contributed by atoms with Gasteiger partial charge in [-0.05, 0) is 55.0 Å². The molecule has 0 atom stereocenters. The van der Waals surface area contributed by atoms with Crippen LogP contribution in [-0.2, 0) is 0 Å². The second kappa shape index (κ2) is 8.86. The summed E-state index contributed by atoms with van der Waals surface area (Å²) in [5, 5.41) is 4.26. The Morgan fingerprint density at radius 2 is 1.93 bits per heavy atom. The largest absolute Gasteiger partial charge is 0.494 e. The molecular formula is C24H29N3O3. The van der Waals surface area contributed by atoms with Crippen molar-refractivity contribution in [2.45, 2.75) is 64.7 Å². The van der Waals surface area contributed by atoms with Crippen LogP contribution in [0, 0.1) is 0 Å². The standard InChI is InChI=1S/C24H29N3O3/c1-3-4-14-30-19-12-10-18(11-13-19)23-22(17-8-6-5-7-9-17)24(29)27-21(25-23)15-20(26-27)16(2)28/h10-13,15,17,25H,3-9,14H2,1-2H3. The van der Waals surface area contributed by atoms with Gasteiger partial charge in [-0.2, -0.15) is 9.61 Å². The van der Waals surface area contributed by atoms with Crippen LogP contribution in [0.15, 0.2) is 35.1 Å². The molecule has 1 aliphatic carbocycles. The average molecular weight is 408 g/mol. The van der Waals surface area contributed by atoms with Gasteiger partial charge in [0.25, 0.3) is 5.56 Å². The maximum absolute atomic E-state index is 13.4.